The summed E-state index contributed by atoms with van der Waals surface area (Å²) in [5.74, 6) is 1.30. The number of rotatable bonds is 9. The number of benzene rings is 11. The summed E-state index contributed by atoms with van der Waals surface area (Å²) in [7, 11) is -6.28. The van der Waals surface area contributed by atoms with Crippen molar-refractivity contribution in [2.45, 2.75) is 104 Å². The van der Waals surface area contributed by atoms with Crippen molar-refractivity contribution in [2.24, 2.45) is 0 Å². The number of imidazole rings is 1. The predicted molar refractivity (Wildman–Crippen MR) is 392 cm³/mol. The Kier molecular flexibility index (Phi) is 10.6. The number of pyridine rings is 1. The fraction of sp³-hybridized carbons (Fsp3) is 0.182. The van der Waals surface area contributed by atoms with Crippen molar-refractivity contribution in [3.05, 3.63) is 295 Å². The van der Waals surface area contributed by atoms with Gasteiger partial charge in [-0.2, -0.15) is 18.2 Å². The van der Waals surface area contributed by atoms with E-state index in [-0.39, 0.29) is 48.6 Å². The number of fused-ring (bicyclic) bond motifs is 11. The summed E-state index contributed by atoms with van der Waals surface area (Å²) >= 11 is 0. The van der Waals surface area contributed by atoms with E-state index in [1.807, 2.05) is 77.5 Å². The first kappa shape index (κ1) is 43.5. The van der Waals surface area contributed by atoms with Gasteiger partial charge >= 0.3 is 0 Å². The maximum Gasteiger partial charge on any atom is 0.268 e. The van der Waals surface area contributed by atoms with E-state index >= 15 is 0 Å². The Morgan fingerprint density at radius 2 is 1.11 bits per heavy atom. The van der Waals surface area contributed by atoms with E-state index in [0.29, 0.717) is 44.9 Å². The van der Waals surface area contributed by atoms with Crippen LogP contribution in [0.15, 0.2) is 254 Å². The van der Waals surface area contributed by atoms with Gasteiger partial charge in [0.1, 0.15) is 5.82 Å². The van der Waals surface area contributed by atoms with Crippen LogP contribution < -0.4 is 30.1 Å². The van der Waals surface area contributed by atoms with Gasteiger partial charge in [0.25, 0.3) is 6.33 Å². The second-order valence-corrected chi connectivity index (χ2v) is 31.5. The number of ether oxygens (including phenoxy) is 1. The van der Waals surface area contributed by atoms with Gasteiger partial charge in [-0.25, -0.2) is 4.98 Å². The number of hydrogen-bond acceptors (Lipinski definition) is 2. The molecule has 0 saturated heterocycles. The minimum absolute atomic E-state index is 0. The average Bonchev–Trinajstić information content (AvgIpc) is 0.828. The summed E-state index contributed by atoms with van der Waals surface area (Å²) in [5.41, 5.74) is 10.8. The molecule has 95 heavy (non-hydrogen) atoms. The normalized spacial score (nSPS) is 16.8. The second kappa shape index (κ2) is 23.2. The Labute approximate surface area is 601 Å². The number of hydrogen-bond donors (Lipinski definition) is 0. The molecular weight excluding hydrogens is 1350 g/mol. The zero-order valence-corrected chi connectivity index (χ0v) is 57.5. The Balaban J connectivity index is 0.0000102. The van der Waals surface area contributed by atoms with Crippen LogP contribution in [0.4, 0.5) is 0 Å². The molecule has 1 aliphatic carbocycles. The third-order valence-electron chi connectivity index (χ3n) is 19.1. The number of nitrogens with zero attached hydrogens (tertiary/aromatic N) is 4. The Morgan fingerprint density at radius 3 is 1.76 bits per heavy atom. The second-order valence-electron chi connectivity index (χ2n) is 28.0. The van der Waals surface area contributed by atoms with Gasteiger partial charge < -0.3 is 13.9 Å². The van der Waals surface area contributed by atoms with Crippen LogP contribution in [0.2, 0.25) is 0 Å². The van der Waals surface area contributed by atoms with Crippen LogP contribution in [0, 0.1) is 18.5 Å². The monoisotopic (exact) mass is 1450 g/mol. The standard InChI is InChI=1S/C88H76N4OSi.Pt/c1-85(2,3)60-45-48-89-82(52-60)92-79-42-23-22-39-70(79)71-44-43-63(54-80(71)92)93-62-29-25-28-61(53-62)90-57-91-83-72(40-26-41-76(83)86(4,5)6)74-56-78-77(87(7,8)46-47-88(78,9)10)55-73(74)68-37-20-21-38-69(68)75-50-59(51-81(90)84(75)91)58-27-24-36-67(49-58)94(64-30-14-11-15-31-64,65-32-16-12-17-33-65)66-34-18-13-19-35-66;/h11-45,48-52,55-56H,46-47H2,1-10H3;/q-2;/i11D,12D,13D,14D,15D,16D,17D,18D,19D,24D,27D,30D,31D,32D,33D,34D,35D,36D,49D;. The molecule has 0 amide bonds. The topological polar surface area (TPSA) is 35.9 Å². The molecule has 0 radical (unpaired) electrons. The maximum atomic E-state index is 11.1. The molecule has 2 aliphatic rings. The number of para-hydroxylation sites is 2. The first-order valence-electron chi connectivity index (χ1n) is 41.2. The van der Waals surface area contributed by atoms with E-state index in [2.05, 4.69) is 135 Å². The van der Waals surface area contributed by atoms with Gasteiger partial charge in [-0.3, -0.25) is 4.57 Å². The molecule has 0 spiro atoms. The van der Waals surface area contributed by atoms with E-state index < -0.39 is 155 Å². The third-order valence-corrected chi connectivity index (χ3v) is 23.1. The summed E-state index contributed by atoms with van der Waals surface area (Å²) in [5, 5.41) is -1.81. The van der Waals surface area contributed by atoms with E-state index in [1.54, 1.807) is 28.8 Å². The molecule has 0 fully saturated rings. The summed E-state index contributed by atoms with van der Waals surface area (Å²) in [6.07, 6.45) is 7.49. The van der Waals surface area contributed by atoms with Crippen molar-refractivity contribution in [3.8, 4) is 73.2 Å². The molecule has 1 aliphatic heterocycles. The van der Waals surface area contributed by atoms with Crippen molar-refractivity contribution in [1.82, 2.24) is 14.1 Å². The van der Waals surface area contributed by atoms with Crippen LogP contribution in [0.3, 0.4) is 0 Å². The molecule has 0 N–H and O–H groups in total. The SMILES string of the molecule is [2H]c1c([2H])c([2H])c([Si](c2c([2H])c([2H])c([2H])c([2H])c2[2H])(c2c([2H])c([2H])c([2H])c([2H])c2[2H])c2c([2H])c([2H])c([2H])c(-c3cc4c5c(c3)n(-c3[c-]c(Oc6[c-]c7c(cc6)c6ccccc6n7-c6cc(C(C)(C)C)ccn6)ccc3)[c-][n+]5-c3c(cccc3C(C)(C)C)-c3cc5c(cc3-c3ccccc3-4)C(C)(C)CCC5(C)C)c2[2H])c([2H])c1[2H].[Pt]. The quantitative estimate of drug-likeness (QED) is 0.0625. The largest absolute Gasteiger partial charge is 0.510 e. The van der Waals surface area contributed by atoms with Gasteiger partial charge in [-0.05, 0) is 163 Å². The summed E-state index contributed by atoms with van der Waals surface area (Å²) in [6.45, 7) is 22.0. The Bertz CT molecular complexity index is 6280. The van der Waals surface area contributed by atoms with Crippen molar-refractivity contribution in [1.29, 1.82) is 0 Å². The zero-order valence-electron chi connectivity index (χ0n) is 73.2. The minimum Gasteiger partial charge on any atom is -0.510 e. The van der Waals surface area contributed by atoms with E-state index in [9.17, 15) is 21.9 Å². The van der Waals surface area contributed by atoms with Crippen LogP contribution >= 0.6 is 0 Å². The fourth-order valence-corrected chi connectivity index (χ4v) is 17.8. The van der Waals surface area contributed by atoms with Gasteiger partial charge in [-0.15, -0.1) is 29.7 Å². The Hall–Kier alpha value is -9.45. The van der Waals surface area contributed by atoms with Crippen LogP contribution in [0.5, 0.6) is 11.5 Å². The van der Waals surface area contributed by atoms with E-state index in [0.717, 1.165) is 68.2 Å². The van der Waals surface area contributed by atoms with Crippen molar-refractivity contribution in [3.63, 3.8) is 0 Å². The molecule has 0 saturated carbocycles. The number of aromatic nitrogens is 4. The molecule has 7 heteroatoms. The molecular formula is C88H76N4OPtSi-2. The molecule has 470 valence electrons. The summed E-state index contributed by atoms with van der Waals surface area (Å²) < 4.78 is 197. The van der Waals surface area contributed by atoms with Crippen LogP contribution in [-0.4, -0.2) is 22.2 Å². The zero-order chi connectivity index (χ0) is 81.0. The van der Waals surface area contributed by atoms with E-state index in [4.69, 9.17) is 13.8 Å². The summed E-state index contributed by atoms with van der Waals surface area (Å²) in [4.78, 5) is 4.90. The van der Waals surface area contributed by atoms with Crippen LogP contribution in [0.1, 0.15) is 130 Å². The molecule has 5 nitrogen and oxygen atoms in total. The molecule has 4 heterocycles. The molecule has 14 aromatic rings. The minimum atomic E-state index is -6.28. The maximum absolute atomic E-state index is 11.1. The summed E-state index contributed by atoms with van der Waals surface area (Å²) in [6, 6.07) is 31.3. The Morgan fingerprint density at radius 1 is 0.516 bits per heavy atom. The molecule has 0 atom stereocenters. The van der Waals surface area contributed by atoms with Gasteiger partial charge in [-0.1, -0.05) is 262 Å². The smallest absolute Gasteiger partial charge is 0.268 e. The van der Waals surface area contributed by atoms with Gasteiger partial charge in [0, 0.05) is 44.3 Å². The first-order chi connectivity index (χ1) is 53.2. The van der Waals surface area contributed by atoms with Crippen LogP contribution in [-0.2, 0) is 42.7 Å². The fourth-order valence-electron chi connectivity index (χ4n) is 14.2. The third kappa shape index (κ3) is 10.3. The van der Waals surface area contributed by atoms with Crippen LogP contribution in [0.25, 0.3) is 94.5 Å². The van der Waals surface area contributed by atoms with Gasteiger partial charge in [0.2, 0.25) is 0 Å². The van der Waals surface area contributed by atoms with Crippen molar-refractivity contribution < 1.29 is 56.4 Å². The van der Waals surface area contributed by atoms with Gasteiger partial charge in [0.05, 0.1) is 42.8 Å². The first-order valence-corrected chi connectivity index (χ1v) is 33.7. The molecule has 16 rings (SSSR count). The molecule has 0 bridgehead atoms. The average molecular weight is 1450 g/mol. The molecule has 11 aromatic carbocycles. The van der Waals surface area contributed by atoms with Crippen molar-refractivity contribution >= 4 is 61.7 Å². The van der Waals surface area contributed by atoms with Gasteiger partial charge in [0.15, 0.2) is 8.07 Å². The predicted octanol–water partition coefficient (Wildman–Crippen LogP) is 18.9. The van der Waals surface area contributed by atoms with Crippen molar-refractivity contribution in [2.75, 3.05) is 0 Å². The molecule has 0 unspecified atom stereocenters. The molecule has 3 aromatic heterocycles. The van der Waals surface area contributed by atoms with E-state index in [1.165, 1.54) is 11.1 Å².